The lowest BCUT2D eigenvalue weighted by atomic mass is 9.82. The lowest BCUT2D eigenvalue weighted by Gasteiger charge is -2.55. The van der Waals surface area contributed by atoms with E-state index in [1.165, 1.54) is 38.5 Å². The molecular weight excluding hydrogens is 198 g/mol. The molecule has 0 aromatic heterocycles. The van der Waals surface area contributed by atoms with Crippen LogP contribution in [-0.4, -0.2) is 35.7 Å². The lowest BCUT2D eigenvalue weighted by Crippen LogP contribution is -2.63. The van der Waals surface area contributed by atoms with Gasteiger partial charge in [-0.3, -0.25) is 4.90 Å². The van der Waals surface area contributed by atoms with Gasteiger partial charge < -0.3 is 4.74 Å². The number of rotatable bonds is 4. The summed E-state index contributed by atoms with van der Waals surface area (Å²) in [6.45, 7) is 9.06. The van der Waals surface area contributed by atoms with Crippen LogP contribution in [-0.2, 0) is 4.74 Å². The van der Waals surface area contributed by atoms with Crippen LogP contribution < -0.4 is 0 Å². The first kappa shape index (κ1) is 12.4. The zero-order valence-corrected chi connectivity index (χ0v) is 11.2. The number of ether oxygens (including phenoxy) is 1. The van der Waals surface area contributed by atoms with Gasteiger partial charge in [0.1, 0.15) is 0 Å². The van der Waals surface area contributed by atoms with Gasteiger partial charge in [-0.2, -0.15) is 0 Å². The van der Waals surface area contributed by atoms with Crippen molar-refractivity contribution in [2.75, 3.05) is 13.2 Å². The summed E-state index contributed by atoms with van der Waals surface area (Å²) in [6, 6.07) is 1.40. The average Bonchev–Trinajstić information content (AvgIpc) is 2.28. The summed E-state index contributed by atoms with van der Waals surface area (Å²) in [4.78, 5) is 2.82. The molecule has 2 heteroatoms. The SMILES string of the molecule is CCCC(C)(CC)N1C2CCCC1COC2. The van der Waals surface area contributed by atoms with E-state index in [0.717, 1.165) is 13.2 Å². The molecule has 2 saturated heterocycles. The molecule has 2 nitrogen and oxygen atoms in total. The summed E-state index contributed by atoms with van der Waals surface area (Å²) in [6.07, 6.45) is 7.98. The van der Waals surface area contributed by atoms with Crippen LogP contribution in [0.2, 0.25) is 0 Å². The van der Waals surface area contributed by atoms with Crippen LogP contribution in [0, 0.1) is 0 Å². The van der Waals surface area contributed by atoms with E-state index in [4.69, 9.17) is 4.74 Å². The molecule has 16 heavy (non-hydrogen) atoms. The zero-order chi connectivity index (χ0) is 11.6. The Bertz CT molecular complexity index is 209. The molecule has 2 aliphatic rings. The maximum atomic E-state index is 5.74. The van der Waals surface area contributed by atoms with Gasteiger partial charge in [-0.25, -0.2) is 0 Å². The topological polar surface area (TPSA) is 12.5 Å². The third kappa shape index (κ3) is 2.14. The molecule has 94 valence electrons. The predicted molar refractivity (Wildman–Crippen MR) is 67.7 cm³/mol. The highest BCUT2D eigenvalue weighted by Crippen LogP contribution is 2.37. The van der Waals surface area contributed by atoms with E-state index in [1.807, 2.05) is 0 Å². The smallest absolute Gasteiger partial charge is 0.0622 e. The first-order chi connectivity index (χ1) is 7.71. The molecule has 0 spiro atoms. The summed E-state index contributed by atoms with van der Waals surface area (Å²) in [5.41, 5.74) is 0.411. The summed E-state index contributed by atoms with van der Waals surface area (Å²) in [5.74, 6) is 0. The van der Waals surface area contributed by atoms with E-state index < -0.39 is 0 Å². The summed E-state index contributed by atoms with van der Waals surface area (Å²) in [7, 11) is 0. The largest absolute Gasteiger partial charge is 0.378 e. The molecule has 2 bridgehead atoms. The monoisotopic (exact) mass is 225 g/mol. The second-order valence-electron chi connectivity index (χ2n) is 5.78. The highest BCUT2D eigenvalue weighted by Gasteiger charge is 2.43. The molecule has 2 aliphatic heterocycles. The van der Waals surface area contributed by atoms with E-state index in [-0.39, 0.29) is 0 Å². The predicted octanol–water partition coefficient (Wildman–Crippen LogP) is 3.21. The second-order valence-corrected chi connectivity index (χ2v) is 5.78. The minimum absolute atomic E-state index is 0.411. The normalized spacial score (nSPS) is 34.7. The Morgan fingerprint density at radius 2 is 1.81 bits per heavy atom. The first-order valence-electron chi connectivity index (χ1n) is 7.07. The highest BCUT2D eigenvalue weighted by atomic mass is 16.5. The number of morpholine rings is 1. The third-order valence-electron chi connectivity index (χ3n) is 4.66. The molecule has 2 fully saturated rings. The minimum atomic E-state index is 0.411. The fourth-order valence-electron chi connectivity index (χ4n) is 3.74. The minimum Gasteiger partial charge on any atom is -0.378 e. The summed E-state index contributed by atoms with van der Waals surface area (Å²) >= 11 is 0. The third-order valence-corrected chi connectivity index (χ3v) is 4.66. The summed E-state index contributed by atoms with van der Waals surface area (Å²) in [5, 5.41) is 0. The molecule has 2 heterocycles. The Kier molecular flexibility index (Phi) is 3.91. The van der Waals surface area contributed by atoms with Crippen molar-refractivity contribution in [1.82, 2.24) is 4.90 Å². The van der Waals surface area contributed by atoms with E-state index >= 15 is 0 Å². The zero-order valence-electron chi connectivity index (χ0n) is 11.2. The Morgan fingerprint density at radius 3 is 2.31 bits per heavy atom. The van der Waals surface area contributed by atoms with E-state index in [9.17, 15) is 0 Å². The standard InChI is InChI=1S/C14H27NO/c1-4-9-14(3,5-2)15-12-7-6-8-13(15)11-16-10-12/h12-13H,4-11H2,1-3H3. The van der Waals surface area contributed by atoms with Crippen molar-refractivity contribution in [1.29, 1.82) is 0 Å². The van der Waals surface area contributed by atoms with Crippen molar-refractivity contribution in [3.05, 3.63) is 0 Å². The van der Waals surface area contributed by atoms with Crippen molar-refractivity contribution in [2.24, 2.45) is 0 Å². The van der Waals surface area contributed by atoms with Gasteiger partial charge in [0.05, 0.1) is 13.2 Å². The number of piperidine rings is 1. The van der Waals surface area contributed by atoms with Crippen LogP contribution in [0.4, 0.5) is 0 Å². The first-order valence-corrected chi connectivity index (χ1v) is 7.07. The maximum absolute atomic E-state index is 5.74. The number of fused-ring (bicyclic) bond motifs is 2. The fourth-order valence-corrected chi connectivity index (χ4v) is 3.74. The Balaban J connectivity index is 2.16. The van der Waals surface area contributed by atoms with Gasteiger partial charge in [0.2, 0.25) is 0 Å². The van der Waals surface area contributed by atoms with Crippen molar-refractivity contribution in [3.8, 4) is 0 Å². The Hall–Kier alpha value is -0.0800. The second kappa shape index (κ2) is 5.05. The lowest BCUT2D eigenvalue weighted by molar-refractivity contribution is -0.124. The van der Waals surface area contributed by atoms with E-state index in [0.29, 0.717) is 17.6 Å². The Labute approximate surface area is 100 Å². The molecule has 2 rings (SSSR count). The molecule has 0 amide bonds. The van der Waals surface area contributed by atoms with Crippen LogP contribution in [0.5, 0.6) is 0 Å². The highest BCUT2D eigenvalue weighted by molar-refractivity contribution is 4.97. The van der Waals surface area contributed by atoms with Crippen molar-refractivity contribution in [2.45, 2.75) is 76.9 Å². The van der Waals surface area contributed by atoms with Gasteiger partial charge in [-0.1, -0.05) is 26.7 Å². The van der Waals surface area contributed by atoms with E-state index in [1.54, 1.807) is 0 Å². The van der Waals surface area contributed by atoms with Crippen molar-refractivity contribution >= 4 is 0 Å². The van der Waals surface area contributed by atoms with Gasteiger partial charge in [-0.05, 0) is 32.6 Å². The van der Waals surface area contributed by atoms with Crippen LogP contribution in [0.1, 0.15) is 59.3 Å². The number of hydrogen-bond donors (Lipinski definition) is 0. The number of hydrogen-bond acceptors (Lipinski definition) is 2. The molecule has 0 aliphatic carbocycles. The molecule has 0 radical (unpaired) electrons. The Morgan fingerprint density at radius 1 is 1.19 bits per heavy atom. The fraction of sp³-hybridized carbons (Fsp3) is 1.00. The van der Waals surface area contributed by atoms with Gasteiger partial charge in [0, 0.05) is 17.6 Å². The van der Waals surface area contributed by atoms with Crippen LogP contribution in [0.15, 0.2) is 0 Å². The van der Waals surface area contributed by atoms with Crippen LogP contribution in [0.25, 0.3) is 0 Å². The summed E-state index contributed by atoms with van der Waals surface area (Å²) < 4.78 is 5.74. The van der Waals surface area contributed by atoms with Crippen LogP contribution in [0.3, 0.4) is 0 Å². The van der Waals surface area contributed by atoms with Crippen LogP contribution >= 0.6 is 0 Å². The molecule has 0 aromatic carbocycles. The molecule has 3 unspecified atom stereocenters. The maximum Gasteiger partial charge on any atom is 0.0622 e. The van der Waals surface area contributed by atoms with Gasteiger partial charge >= 0.3 is 0 Å². The molecule has 3 atom stereocenters. The van der Waals surface area contributed by atoms with Crippen molar-refractivity contribution < 1.29 is 4.74 Å². The van der Waals surface area contributed by atoms with Crippen molar-refractivity contribution in [3.63, 3.8) is 0 Å². The van der Waals surface area contributed by atoms with Gasteiger partial charge in [0.25, 0.3) is 0 Å². The van der Waals surface area contributed by atoms with Gasteiger partial charge in [0.15, 0.2) is 0 Å². The average molecular weight is 225 g/mol. The quantitative estimate of drug-likeness (QED) is 0.728. The van der Waals surface area contributed by atoms with Gasteiger partial charge in [-0.15, -0.1) is 0 Å². The molecular formula is C14H27NO. The molecule has 0 saturated carbocycles. The molecule has 0 N–H and O–H groups in total. The van der Waals surface area contributed by atoms with E-state index in [2.05, 4.69) is 25.7 Å². The molecule has 0 aromatic rings. The number of nitrogens with zero attached hydrogens (tertiary/aromatic N) is 1.